The third-order valence-electron chi connectivity index (χ3n) is 6.02. The van der Waals surface area contributed by atoms with Crippen molar-refractivity contribution in [3.63, 3.8) is 0 Å². The Kier molecular flexibility index (Phi) is 9.22. The minimum atomic E-state index is -1.07. The highest BCUT2D eigenvalue weighted by Crippen LogP contribution is 2.21. The summed E-state index contributed by atoms with van der Waals surface area (Å²) >= 11 is 0. The number of carboxylic acid groups (broad SMARTS) is 1. The molecule has 182 valence electrons. The van der Waals surface area contributed by atoms with Gasteiger partial charge in [0, 0.05) is 13.0 Å². The summed E-state index contributed by atoms with van der Waals surface area (Å²) in [6.07, 6.45) is 1.65. The zero-order valence-corrected chi connectivity index (χ0v) is 19.3. The number of benzene rings is 1. The van der Waals surface area contributed by atoms with Crippen LogP contribution < -0.4 is 16.4 Å². The van der Waals surface area contributed by atoms with Crippen molar-refractivity contribution >= 4 is 23.7 Å². The van der Waals surface area contributed by atoms with E-state index in [-0.39, 0.29) is 18.1 Å². The van der Waals surface area contributed by atoms with E-state index in [4.69, 9.17) is 5.73 Å². The van der Waals surface area contributed by atoms with Crippen LogP contribution in [0.15, 0.2) is 24.3 Å². The Labute approximate surface area is 193 Å². The van der Waals surface area contributed by atoms with Gasteiger partial charge in [-0.1, -0.05) is 32.4 Å². The van der Waals surface area contributed by atoms with Crippen molar-refractivity contribution < 1.29 is 29.4 Å². The third-order valence-corrected chi connectivity index (χ3v) is 6.02. The van der Waals surface area contributed by atoms with Gasteiger partial charge in [-0.3, -0.25) is 14.4 Å². The van der Waals surface area contributed by atoms with Crippen molar-refractivity contribution in [2.75, 3.05) is 6.54 Å². The van der Waals surface area contributed by atoms with Crippen molar-refractivity contribution in [3.8, 4) is 5.75 Å². The average Bonchev–Trinajstić information content (AvgIpc) is 3.27. The number of nitrogens with one attached hydrogen (secondary N) is 2. The summed E-state index contributed by atoms with van der Waals surface area (Å²) in [4.78, 5) is 51.6. The first kappa shape index (κ1) is 26.1. The Hall–Kier alpha value is -3.14. The monoisotopic (exact) mass is 462 g/mol. The molecule has 0 bridgehead atoms. The van der Waals surface area contributed by atoms with E-state index in [1.807, 2.05) is 13.8 Å². The number of nitrogens with zero attached hydrogens (tertiary/aromatic N) is 1. The standard InChI is InChI=1S/C23H34N4O6/c1-4-13(2)19(22(31)27-11-5-6-18(27)23(32)33)26-21(30)17(25-20(29)14(3)24)12-15-7-9-16(28)10-8-15/h7-10,13-14,17-19,28H,4-6,11-12,24H2,1-3H3,(H,25,29)(H,26,30)(H,32,33). The van der Waals surface area contributed by atoms with Gasteiger partial charge >= 0.3 is 5.97 Å². The SMILES string of the molecule is CCC(C)C(NC(=O)C(Cc1ccc(O)cc1)NC(=O)C(C)N)C(=O)N1CCCC1C(=O)O. The molecule has 5 atom stereocenters. The number of phenolic OH excluding ortho intramolecular Hbond substituents is 1. The van der Waals surface area contributed by atoms with Gasteiger partial charge in [0.05, 0.1) is 6.04 Å². The number of nitrogens with two attached hydrogens (primary N) is 1. The molecular formula is C23H34N4O6. The van der Waals surface area contributed by atoms with E-state index in [1.54, 1.807) is 12.1 Å². The maximum atomic E-state index is 13.3. The summed E-state index contributed by atoms with van der Waals surface area (Å²) < 4.78 is 0. The smallest absolute Gasteiger partial charge is 0.326 e. The highest BCUT2D eigenvalue weighted by atomic mass is 16.4. The molecule has 10 heteroatoms. The second-order valence-corrected chi connectivity index (χ2v) is 8.62. The van der Waals surface area contributed by atoms with E-state index in [0.29, 0.717) is 31.4 Å². The van der Waals surface area contributed by atoms with Crippen LogP contribution in [0.3, 0.4) is 0 Å². The summed E-state index contributed by atoms with van der Waals surface area (Å²) in [6, 6.07) is 2.52. The molecule has 0 aliphatic carbocycles. The Balaban J connectivity index is 2.25. The van der Waals surface area contributed by atoms with Crippen LogP contribution in [0.2, 0.25) is 0 Å². The fourth-order valence-corrected chi connectivity index (χ4v) is 3.78. The van der Waals surface area contributed by atoms with E-state index < -0.39 is 47.9 Å². The normalized spacial score (nSPS) is 19.3. The van der Waals surface area contributed by atoms with Gasteiger partial charge in [-0.05, 0) is 43.4 Å². The summed E-state index contributed by atoms with van der Waals surface area (Å²) in [5, 5.41) is 24.3. The van der Waals surface area contributed by atoms with Crippen LogP contribution in [0.4, 0.5) is 0 Å². The topological polar surface area (TPSA) is 162 Å². The van der Waals surface area contributed by atoms with Crippen molar-refractivity contribution in [2.45, 2.75) is 70.6 Å². The molecule has 1 aromatic rings. The summed E-state index contributed by atoms with van der Waals surface area (Å²) in [6.45, 7) is 5.50. The largest absolute Gasteiger partial charge is 0.508 e. The first-order chi connectivity index (χ1) is 15.5. The zero-order chi connectivity index (χ0) is 24.7. The number of phenols is 1. The van der Waals surface area contributed by atoms with Crippen molar-refractivity contribution in [1.29, 1.82) is 0 Å². The lowest BCUT2D eigenvalue weighted by molar-refractivity contribution is -0.150. The number of carbonyl (C=O) groups is 4. The Morgan fingerprint density at radius 3 is 2.30 bits per heavy atom. The Morgan fingerprint density at radius 1 is 1.12 bits per heavy atom. The van der Waals surface area contributed by atoms with Crippen LogP contribution in [0.5, 0.6) is 5.75 Å². The van der Waals surface area contributed by atoms with Crippen LogP contribution >= 0.6 is 0 Å². The number of carboxylic acids is 1. The van der Waals surface area contributed by atoms with E-state index in [1.165, 1.54) is 24.0 Å². The molecule has 1 aromatic carbocycles. The molecule has 6 N–H and O–H groups in total. The summed E-state index contributed by atoms with van der Waals surface area (Å²) in [5.41, 5.74) is 6.34. The van der Waals surface area contributed by atoms with E-state index >= 15 is 0 Å². The second kappa shape index (κ2) is 11.6. The maximum absolute atomic E-state index is 13.3. The molecule has 10 nitrogen and oxygen atoms in total. The van der Waals surface area contributed by atoms with Crippen molar-refractivity contribution in [1.82, 2.24) is 15.5 Å². The summed E-state index contributed by atoms with van der Waals surface area (Å²) in [7, 11) is 0. The molecular weight excluding hydrogens is 428 g/mol. The molecule has 5 unspecified atom stereocenters. The van der Waals surface area contributed by atoms with Crippen LogP contribution in [0.25, 0.3) is 0 Å². The van der Waals surface area contributed by atoms with Gasteiger partial charge in [0.2, 0.25) is 17.7 Å². The van der Waals surface area contributed by atoms with Gasteiger partial charge < -0.3 is 31.5 Å². The van der Waals surface area contributed by atoms with E-state index in [9.17, 15) is 29.4 Å². The molecule has 1 fully saturated rings. The number of amides is 3. The average molecular weight is 463 g/mol. The highest BCUT2D eigenvalue weighted by Gasteiger charge is 2.39. The molecule has 1 heterocycles. The number of rotatable bonds is 10. The van der Waals surface area contributed by atoms with Gasteiger partial charge in [0.15, 0.2) is 0 Å². The van der Waals surface area contributed by atoms with Gasteiger partial charge in [0.25, 0.3) is 0 Å². The second-order valence-electron chi connectivity index (χ2n) is 8.62. The lowest BCUT2D eigenvalue weighted by atomic mass is 9.96. The van der Waals surface area contributed by atoms with E-state index in [2.05, 4.69) is 10.6 Å². The predicted molar refractivity (Wildman–Crippen MR) is 121 cm³/mol. The van der Waals surface area contributed by atoms with Gasteiger partial charge in [-0.25, -0.2) is 4.79 Å². The molecule has 1 saturated heterocycles. The number of hydrogen-bond acceptors (Lipinski definition) is 6. The van der Waals surface area contributed by atoms with Crippen LogP contribution in [0, 0.1) is 5.92 Å². The van der Waals surface area contributed by atoms with Gasteiger partial charge in [-0.15, -0.1) is 0 Å². The molecule has 0 radical (unpaired) electrons. The first-order valence-corrected chi connectivity index (χ1v) is 11.2. The minimum absolute atomic E-state index is 0.0698. The maximum Gasteiger partial charge on any atom is 0.326 e. The number of carbonyl (C=O) groups excluding carboxylic acids is 3. The van der Waals surface area contributed by atoms with Crippen LogP contribution in [-0.4, -0.2) is 69.5 Å². The number of aromatic hydroxyl groups is 1. The highest BCUT2D eigenvalue weighted by molar-refractivity contribution is 5.94. The molecule has 3 amide bonds. The molecule has 33 heavy (non-hydrogen) atoms. The molecule has 1 aliphatic heterocycles. The fourth-order valence-electron chi connectivity index (χ4n) is 3.78. The molecule has 1 aliphatic rings. The predicted octanol–water partition coefficient (Wildman–Crippen LogP) is 0.373. The third kappa shape index (κ3) is 6.92. The Bertz CT molecular complexity index is 857. The van der Waals surface area contributed by atoms with Crippen molar-refractivity contribution in [3.05, 3.63) is 29.8 Å². The van der Waals surface area contributed by atoms with E-state index in [0.717, 1.165) is 0 Å². The molecule has 0 aromatic heterocycles. The number of hydrogen-bond donors (Lipinski definition) is 5. The molecule has 0 saturated carbocycles. The number of aliphatic carboxylic acids is 1. The van der Waals surface area contributed by atoms with Gasteiger partial charge in [0.1, 0.15) is 23.9 Å². The fraction of sp³-hybridized carbons (Fsp3) is 0.565. The summed E-state index contributed by atoms with van der Waals surface area (Å²) in [5.74, 6) is -2.78. The number of likely N-dealkylation sites (tertiary alicyclic amines) is 1. The lowest BCUT2D eigenvalue weighted by Crippen LogP contribution is -2.59. The van der Waals surface area contributed by atoms with Crippen molar-refractivity contribution in [2.24, 2.45) is 11.7 Å². The Morgan fingerprint density at radius 2 is 1.76 bits per heavy atom. The minimum Gasteiger partial charge on any atom is -0.508 e. The van der Waals surface area contributed by atoms with Crippen LogP contribution in [-0.2, 0) is 25.6 Å². The zero-order valence-electron chi connectivity index (χ0n) is 19.3. The lowest BCUT2D eigenvalue weighted by Gasteiger charge is -2.31. The molecule has 2 rings (SSSR count). The van der Waals surface area contributed by atoms with Crippen LogP contribution in [0.1, 0.15) is 45.6 Å². The first-order valence-electron chi connectivity index (χ1n) is 11.2. The van der Waals surface area contributed by atoms with Gasteiger partial charge in [-0.2, -0.15) is 0 Å². The molecule has 0 spiro atoms. The quantitative estimate of drug-likeness (QED) is 0.335.